The van der Waals surface area contributed by atoms with E-state index in [4.69, 9.17) is 10.4 Å². The normalized spacial score (nSPS) is 6.62. The van der Waals surface area contributed by atoms with Crippen LogP contribution in [0, 0.1) is 0 Å². The molecular weight excluding hydrogens is 123 g/mol. The van der Waals surface area contributed by atoms with Gasteiger partial charge in [0.1, 0.15) is 0 Å². The number of aliphatic hydroxyl groups excluding tert-OH is 1. The molecule has 0 aliphatic rings. The van der Waals surface area contributed by atoms with E-state index in [1.54, 1.807) is 0 Å². The molecule has 0 aromatic carbocycles. The summed E-state index contributed by atoms with van der Waals surface area (Å²) in [6.07, 6.45) is 0. The van der Waals surface area contributed by atoms with Crippen molar-refractivity contribution in [2.45, 2.75) is 0 Å². The Morgan fingerprint density at radius 3 is 2.00 bits per heavy atom. The van der Waals surface area contributed by atoms with Crippen LogP contribution in [-0.4, -0.2) is 45.9 Å². The molecule has 0 aliphatic heterocycles. The second-order valence-corrected chi connectivity index (χ2v) is 0.825. The summed E-state index contributed by atoms with van der Waals surface area (Å²) in [6, 6.07) is 0. The zero-order valence-corrected chi connectivity index (χ0v) is 3.42. The first-order chi connectivity index (χ1) is 3.18. The Morgan fingerprint density at radius 1 is 1.62 bits per heavy atom. The molecule has 0 aromatic rings. The van der Waals surface area contributed by atoms with Gasteiger partial charge in [-0.1, -0.05) is 0 Å². The molecule has 0 saturated heterocycles. The average molecular weight is 128 g/mol. The van der Waals surface area contributed by atoms with Crippen molar-refractivity contribution in [2.24, 2.45) is 0 Å². The molecule has 0 amide bonds. The van der Waals surface area contributed by atoms with E-state index >= 15 is 0 Å². The van der Waals surface area contributed by atoms with Crippen molar-refractivity contribution in [3.8, 4) is 0 Å². The van der Waals surface area contributed by atoms with Crippen LogP contribution in [0.5, 0.6) is 0 Å². The minimum atomic E-state index is -1.24. The molecule has 0 aliphatic carbocycles. The standard InChI is InChI=1S/C3H4O4.Na.H/c1-2(4)3(5)7-6;;/h4,6H,1H2;;. The maximum absolute atomic E-state index is 9.69. The molecule has 0 spiro atoms. The monoisotopic (exact) mass is 128 g/mol. The predicted octanol–water partition coefficient (Wildman–Crippen LogP) is -0.574. The Labute approximate surface area is 68.0 Å². The van der Waals surface area contributed by atoms with Gasteiger partial charge in [0.15, 0.2) is 5.76 Å². The SMILES string of the molecule is C=C(O)C(=O)OO.[NaH]. The summed E-state index contributed by atoms with van der Waals surface area (Å²) in [5, 5.41) is 15.4. The van der Waals surface area contributed by atoms with Crippen LogP contribution < -0.4 is 0 Å². The minimum absolute atomic E-state index is 0. The second-order valence-electron chi connectivity index (χ2n) is 0.825. The third-order valence-corrected chi connectivity index (χ3v) is 0.319. The van der Waals surface area contributed by atoms with Crippen LogP contribution in [0.15, 0.2) is 12.3 Å². The molecule has 0 aromatic heterocycles. The van der Waals surface area contributed by atoms with E-state index in [1.165, 1.54) is 0 Å². The van der Waals surface area contributed by atoms with Crippen molar-refractivity contribution < 1.29 is 20.0 Å². The summed E-state index contributed by atoms with van der Waals surface area (Å²) in [7, 11) is 0. The molecule has 0 fully saturated rings. The molecular formula is C3H5NaO4. The first-order valence-electron chi connectivity index (χ1n) is 1.42. The van der Waals surface area contributed by atoms with Crippen molar-refractivity contribution in [3.05, 3.63) is 12.3 Å². The molecule has 5 heteroatoms. The predicted molar refractivity (Wildman–Crippen MR) is 27.6 cm³/mol. The molecule has 0 bridgehead atoms. The molecule has 0 unspecified atom stereocenters. The van der Waals surface area contributed by atoms with E-state index in [2.05, 4.69) is 11.5 Å². The second kappa shape index (κ2) is 5.11. The third kappa shape index (κ3) is 4.14. The summed E-state index contributed by atoms with van der Waals surface area (Å²) in [4.78, 5) is 12.7. The average Bonchev–Trinajstić information content (AvgIpc) is 1.65. The zero-order chi connectivity index (χ0) is 5.86. The van der Waals surface area contributed by atoms with E-state index in [0.717, 1.165) is 0 Å². The van der Waals surface area contributed by atoms with Gasteiger partial charge in [-0.3, -0.25) is 4.89 Å². The Balaban J connectivity index is 0. The van der Waals surface area contributed by atoms with Crippen molar-refractivity contribution in [3.63, 3.8) is 0 Å². The van der Waals surface area contributed by atoms with Crippen LogP contribution in [0.2, 0.25) is 0 Å². The molecule has 42 valence electrons. The fourth-order valence-corrected chi connectivity index (χ4v) is 0.0527. The van der Waals surface area contributed by atoms with Gasteiger partial charge in [-0.15, -0.1) is 0 Å². The summed E-state index contributed by atoms with van der Waals surface area (Å²) in [5.74, 6) is -2.05. The van der Waals surface area contributed by atoms with Crippen molar-refractivity contribution in [1.29, 1.82) is 0 Å². The van der Waals surface area contributed by atoms with Gasteiger partial charge in [-0.2, -0.15) is 5.26 Å². The van der Waals surface area contributed by atoms with Crippen LogP contribution in [-0.2, 0) is 9.68 Å². The van der Waals surface area contributed by atoms with E-state index in [0.29, 0.717) is 0 Å². The molecule has 0 radical (unpaired) electrons. The molecule has 0 atom stereocenters. The molecule has 8 heavy (non-hydrogen) atoms. The number of carbonyl (C=O) groups is 1. The fourth-order valence-electron chi connectivity index (χ4n) is 0.0527. The summed E-state index contributed by atoms with van der Waals surface area (Å²) < 4.78 is 0. The van der Waals surface area contributed by atoms with Gasteiger partial charge in [-0.05, 0) is 6.58 Å². The summed E-state index contributed by atoms with van der Waals surface area (Å²) in [6.45, 7) is 2.75. The third-order valence-electron chi connectivity index (χ3n) is 0.319. The number of aliphatic hydroxyl groups is 1. The van der Waals surface area contributed by atoms with Crippen LogP contribution in [0.1, 0.15) is 0 Å². The Kier molecular flexibility index (Phi) is 6.94. The number of rotatable bonds is 1. The van der Waals surface area contributed by atoms with E-state index in [1.807, 2.05) is 0 Å². The molecule has 0 heterocycles. The van der Waals surface area contributed by atoms with Gasteiger partial charge in [-0.25, -0.2) is 4.79 Å². The Hall–Kier alpha value is -0.0300. The Morgan fingerprint density at radius 2 is 2.00 bits per heavy atom. The van der Waals surface area contributed by atoms with Crippen molar-refractivity contribution in [2.75, 3.05) is 0 Å². The van der Waals surface area contributed by atoms with Crippen LogP contribution >= 0.6 is 0 Å². The van der Waals surface area contributed by atoms with Gasteiger partial charge in [0.25, 0.3) is 0 Å². The topological polar surface area (TPSA) is 66.8 Å². The van der Waals surface area contributed by atoms with Gasteiger partial charge < -0.3 is 5.11 Å². The van der Waals surface area contributed by atoms with Crippen LogP contribution in [0.4, 0.5) is 0 Å². The number of carbonyl (C=O) groups excluding carboxylic acids is 1. The number of hydrogen-bond acceptors (Lipinski definition) is 4. The first-order valence-corrected chi connectivity index (χ1v) is 1.42. The van der Waals surface area contributed by atoms with Gasteiger partial charge in [0.2, 0.25) is 0 Å². The Bertz CT molecular complexity index is 99.5. The zero-order valence-electron chi connectivity index (χ0n) is 3.42. The van der Waals surface area contributed by atoms with E-state index in [9.17, 15) is 4.79 Å². The van der Waals surface area contributed by atoms with E-state index < -0.39 is 11.7 Å². The van der Waals surface area contributed by atoms with Gasteiger partial charge >= 0.3 is 35.5 Å². The molecule has 4 nitrogen and oxygen atoms in total. The molecule has 0 rings (SSSR count). The van der Waals surface area contributed by atoms with Gasteiger partial charge in [0.05, 0.1) is 0 Å². The number of hydrogen-bond donors (Lipinski definition) is 2. The van der Waals surface area contributed by atoms with Crippen LogP contribution in [0.25, 0.3) is 0 Å². The maximum atomic E-state index is 9.69. The van der Waals surface area contributed by atoms with Crippen molar-refractivity contribution >= 4 is 35.5 Å². The quantitative estimate of drug-likeness (QED) is 0.163. The van der Waals surface area contributed by atoms with E-state index in [-0.39, 0.29) is 29.6 Å². The fraction of sp³-hybridized carbons (Fsp3) is 0. The molecule has 2 N–H and O–H groups in total. The van der Waals surface area contributed by atoms with Gasteiger partial charge in [0, 0.05) is 0 Å². The van der Waals surface area contributed by atoms with Crippen molar-refractivity contribution in [1.82, 2.24) is 0 Å². The first kappa shape index (κ1) is 10.9. The molecule has 0 saturated carbocycles. The summed E-state index contributed by atoms with van der Waals surface area (Å²) in [5.41, 5.74) is 0. The summed E-state index contributed by atoms with van der Waals surface area (Å²) >= 11 is 0. The van der Waals surface area contributed by atoms with Crippen LogP contribution in [0.3, 0.4) is 0 Å².